The fraction of sp³-hybridized carbons (Fsp3) is 0.323. The smallest absolute Gasteiger partial charge is 0.317 e. The highest BCUT2D eigenvalue weighted by molar-refractivity contribution is 6.02. The number of esters is 2. The van der Waals surface area contributed by atoms with Gasteiger partial charge in [-0.1, -0.05) is 91.9 Å². The molecular formula is C31H32O6. The average molecular weight is 501 g/mol. The van der Waals surface area contributed by atoms with Crippen molar-refractivity contribution in [3.63, 3.8) is 0 Å². The van der Waals surface area contributed by atoms with Crippen molar-refractivity contribution in [3.05, 3.63) is 107 Å². The van der Waals surface area contributed by atoms with E-state index in [0.717, 1.165) is 23.1 Å². The van der Waals surface area contributed by atoms with Gasteiger partial charge in [-0.25, -0.2) is 0 Å². The normalized spacial score (nSPS) is 23.3. The van der Waals surface area contributed by atoms with Crippen molar-refractivity contribution in [3.8, 4) is 0 Å². The van der Waals surface area contributed by atoms with Crippen LogP contribution in [0.25, 0.3) is 0 Å². The van der Waals surface area contributed by atoms with Crippen LogP contribution in [0, 0.1) is 11.8 Å². The summed E-state index contributed by atoms with van der Waals surface area (Å²) < 4.78 is 11.2. The summed E-state index contributed by atoms with van der Waals surface area (Å²) >= 11 is 0. The van der Waals surface area contributed by atoms with Crippen molar-refractivity contribution in [2.45, 2.75) is 51.4 Å². The second-order valence-electron chi connectivity index (χ2n) is 9.76. The van der Waals surface area contributed by atoms with Gasteiger partial charge in [-0.2, -0.15) is 0 Å². The Hall–Kier alpha value is -3.77. The van der Waals surface area contributed by atoms with Crippen LogP contribution < -0.4 is 0 Å². The number of aliphatic hydroxyl groups is 1. The highest BCUT2D eigenvalue weighted by Gasteiger charge is 2.57. The molecule has 0 heterocycles. The maximum Gasteiger partial charge on any atom is 0.317 e. The van der Waals surface area contributed by atoms with Gasteiger partial charge in [-0.05, 0) is 35.6 Å². The molecule has 1 aliphatic carbocycles. The van der Waals surface area contributed by atoms with Crippen LogP contribution in [-0.4, -0.2) is 28.4 Å². The second kappa shape index (κ2) is 11.5. The third-order valence-electron chi connectivity index (χ3n) is 7.00. The van der Waals surface area contributed by atoms with Gasteiger partial charge in [-0.15, -0.1) is 0 Å². The minimum absolute atomic E-state index is 0.00442. The van der Waals surface area contributed by atoms with Gasteiger partial charge >= 0.3 is 11.9 Å². The monoisotopic (exact) mass is 500 g/mol. The van der Waals surface area contributed by atoms with E-state index < -0.39 is 41.1 Å². The van der Waals surface area contributed by atoms with Crippen molar-refractivity contribution in [2.24, 2.45) is 11.8 Å². The molecule has 4 rings (SSSR count). The molecule has 4 unspecified atom stereocenters. The van der Waals surface area contributed by atoms with Gasteiger partial charge in [0.1, 0.15) is 19.1 Å². The Balaban J connectivity index is 1.67. The van der Waals surface area contributed by atoms with Crippen LogP contribution in [0.4, 0.5) is 0 Å². The standard InChI is InChI=1S/C31H32O6/c1-3-21-14-16-24(17-15-21)26-27(29(33)36-19-22-10-6-4-7-11-22)25(32)18-31(2,35)28(26)30(34)37-20-23-12-8-5-9-13-23/h4-17,26-28,35H,3,18-20H2,1-2H3. The third-order valence-corrected chi connectivity index (χ3v) is 7.00. The zero-order chi connectivity index (χ0) is 26.4. The maximum absolute atomic E-state index is 13.5. The zero-order valence-corrected chi connectivity index (χ0v) is 21.1. The molecule has 6 nitrogen and oxygen atoms in total. The van der Waals surface area contributed by atoms with Crippen LogP contribution >= 0.6 is 0 Å². The molecule has 192 valence electrons. The van der Waals surface area contributed by atoms with E-state index in [4.69, 9.17) is 9.47 Å². The first-order valence-corrected chi connectivity index (χ1v) is 12.5. The number of benzene rings is 3. The second-order valence-corrected chi connectivity index (χ2v) is 9.76. The number of aryl methyl sites for hydroxylation is 1. The lowest BCUT2D eigenvalue weighted by Gasteiger charge is -2.43. The molecule has 0 radical (unpaired) electrons. The van der Waals surface area contributed by atoms with E-state index in [9.17, 15) is 19.5 Å². The quantitative estimate of drug-likeness (QED) is 0.354. The van der Waals surface area contributed by atoms with Crippen LogP contribution in [0.15, 0.2) is 84.9 Å². The summed E-state index contributed by atoms with van der Waals surface area (Å²) in [6, 6.07) is 25.8. The predicted octanol–water partition coefficient (Wildman–Crippen LogP) is 4.78. The summed E-state index contributed by atoms with van der Waals surface area (Å²) in [4.78, 5) is 40.2. The van der Waals surface area contributed by atoms with Crippen LogP contribution in [-0.2, 0) is 43.5 Å². The Morgan fingerprint density at radius 3 is 1.84 bits per heavy atom. The number of ketones is 1. The first-order valence-electron chi connectivity index (χ1n) is 12.5. The number of rotatable bonds is 8. The number of Topliss-reactive ketones (excluding diaryl/α,β-unsaturated/α-hetero) is 1. The zero-order valence-electron chi connectivity index (χ0n) is 21.1. The number of carbonyl (C=O) groups excluding carboxylic acids is 3. The largest absolute Gasteiger partial charge is 0.461 e. The average Bonchev–Trinajstić information content (AvgIpc) is 2.90. The molecule has 4 atom stereocenters. The summed E-state index contributed by atoms with van der Waals surface area (Å²) in [5.74, 6) is -5.16. The van der Waals surface area contributed by atoms with E-state index in [-0.39, 0.29) is 19.6 Å². The summed E-state index contributed by atoms with van der Waals surface area (Å²) in [6.45, 7) is 3.50. The molecule has 1 fully saturated rings. The molecule has 1 aliphatic rings. The SMILES string of the molecule is CCc1ccc(C2C(C(=O)OCc3ccccc3)C(=O)CC(C)(O)C2C(=O)OCc2ccccc2)cc1. The van der Waals surface area contributed by atoms with Gasteiger partial charge in [0.15, 0.2) is 5.78 Å². The summed E-state index contributed by atoms with van der Waals surface area (Å²) in [6.07, 6.45) is 0.458. The number of hydrogen-bond acceptors (Lipinski definition) is 6. The lowest BCUT2D eigenvalue weighted by molar-refractivity contribution is -0.174. The van der Waals surface area contributed by atoms with E-state index in [0.29, 0.717) is 5.56 Å². The van der Waals surface area contributed by atoms with Gasteiger partial charge in [0.2, 0.25) is 0 Å². The van der Waals surface area contributed by atoms with Crippen molar-refractivity contribution in [1.82, 2.24) is 0 Å². The fourth-order valence-corrected chi connectivity index (χ4v) is 5.03. The van der Waals surface area contributed by atoms with Crippen LogP contribution in [0.1, 0.15) is 48.4 Å². The van der Waals surface area contributed by atoms with Crippen LogP contribution in [0.3, 0.4) is 0 Å². The minimum Gasteiger partial charge on any atom is -0.461 e. The van der Waals surface area contributed by atoms with E-state index in [1.54, 1.807) is 0 Å². The summed E-state index contributed by atoms with van der Waals surface area (Å²) in [5.41, 5.74) is 1.56. The first kappa shape index (κ1) is 26.3. The highest BCUT2D eigenvalue weighted by atomic mass is 16.5. The summed E-state index contributed by atoms with van der Waals surface area (Å²) in [5, 5.41) is 11.3. The molecule has 1 saturated carbocycles. The molecule has 0 aliphatic heterocycles. The molecule has 0 aromatic heterocycles. The van der Waals surface area contributed by atoms with Crippen molar-refractivity contribution < 1.29 is 29.0 Å². The number of hydrogen-bond donors (Lipinski definition) is 1. The molecule has 0 amide bonds. The third kappa shape index (κ3) is 6.15. The van der Waals surface area contributed by atoms with Gasteiger partial charge in [-0.3, -0.25) is 14.4 Å². The Morgan fingerprint density at radius 2 is 1.32 bits per heavy atom. The van der Waals surface area contributed by atoms with Gasteiger partial charge in [0.05, 0.1) is 11.5 Å². The molecule has 0 bridgehead atoms. The van der Waals surface area contributed by atoms with Crippen molar-refractivity contribution in [2.75, 3.05) is 0 Å². The van der Waals surface area contributed by atoms with E-state index >= 15 is 0 Å². The molecule has 6 heteroatoms. The van der Waals surface area contributed by atoms with E-state index in [2.05, 4.69) is 0 Å². The van der Waals surface area contributed by atoms with Gasteiger partial charge in [0.25, 0.3) is 0 Å². The van der Waals surface area contributed by atoms with Crippen LogP contribution in [0.2, 0.25) is 0 Å². The Bertz CT molecular complexity index is 1220. The molecule has 1 N–H and O–H groups in total. The predicted molar refractivity (Wildman–Crippen MR) is 138 cm³/mol. The lowest BCUT2D eigenvalue weighted by Crippen LogP contribution is -2.55. The molecular weight excluding hydrogens is 468 g/mol. The van der Waals surface area contributed by atoms with Gasteiger partial charge < -0.3 is 14.6 Å². The molecule has 37 heavy (non-hydrogen) atoms. The van der Waals surface area contributed by atoms with E-state index in [1.165, 1.54) is 6.92 Å². The lowest BCUT2D eigenvalue weighted by atomic mass is 9.61. The van der Waals surface area contributed by atoms with Crippen molar-refractivity contribution in [1.29, 1.82) is 0 Å². The maximum atomic E-state index is 13.5. The molecule has 3 aromatic carbocycles. The molecule has 0 saturated heterocycles. The minimum atomic E-state index is -1.70. The first-order chi connectivity index (χ1) is 17.8. The Kier molecular flexibility index (Phi) is 8.19. The van der Waals surface area contributed by atoms with Gasteiger partial charge in [0, 0.05) is 12.3 Å². The van der Waals surface area contributed by atoms with Crippen LogP contribution in [0.5, 0.6) is 0 Å². The number of carbonyl (C=O) groups is 3. The molecule has 0 spiro atoms. The highest BCUT2D eigenvalue weighted by Crippen LogP contribution is 2.47. The fourth-order valence-electron chi connectivity index (χ4n) is 5.03. The summed E-state index contributed by atoms with van der Waals surface area (Å²) in [7, 11) is 0. The van der Waals surface area contributed by atoms with E-state index in [1.807, 2.05) is 91.9 Å². The van der Waals surface area contributed by atoms with Crippen molar-refractivity contribution >= 4 is 17.7 Å². The Labute approximate surface area is 217 Å². The topological polar surface area (TPSA) is 89.9 Å². The Morgan fingerprint density at radius 1 is 0.811 bits per heavy atom. The molecule has 3 aromatic rings. The number of ether oxygens (including phenoxy) is 2.